The second-order valence-corrected chi connectivity index (χ2v) is 6.30. The molecule has 0 saturated heterocycles. The Kier molecular flexibility index (Phi) is 4.91. The number of anilines is 3. The number of hydrogen-bond acceptors (Lipinski definition) is 3. The van der Waals surface area contributed by atoms with Gasteiger partial charge in [-0.25, -0.2) is 4.98 Å². The highest BCUT2D eigenvalue weighted by Gasteiger charge is 2.08. The van der Waals surface area contributed by atoms with Crippen LogP contribution in [-0.4, -0.2) is 10.9 Å². The number of aryl methyl sites for hydroxylation is 1. The van der Waals surface area contributed by atoms with Crippen LogP contribution in [0.5, 0.6) is 0 Å². The molecule has 0 aliphatic carbocycles. The minimum absolute atomic E-state index is 0.174. The fraction of sp³-hybridized carbons (Fsp3) is 0.0526. The van der Waals surface area contributed by atoms with Gasteiger partial charge >= 0.3 is 0 Å². The Morgan fingerprint density at radius 2 is 1.79 bits per heavy atom. The molecular weight excluding hydrogens is 366 g/mol. The summed E-state index contributed by atoms with van der Waals surface area (Å²) >= 11 is 3.37. The van der Waals surface area contributed by atoms with E-state index in [0.29, 0.717) is 11.4 Å². The summed E-state index contributed by atoms with van der Waals surface area (Å²) in [5.74, 6) is 0.455. The van der Waals surface area contributed by atoms with Crippen LogP contribution >= 0.6 is 15.9 Å². The van der Waals surface area contributed by atoms with Gasteiger partial charge in [-0.15, -0.1) is 0 Å². The number of amides is 1. The number of pyridine rings is 1. The molecule has 5 heteroatoms. The number of carbonyl (C=O) groups excluding carboxylic acids is 1. The van der Waals surface area contributed by atoms with Crippen molar-refractivity contribution in [3.05, 3.63) is 82.5 Å². The lowest BCUT2D eigenvalue weighted by Crippen LogP contribution is -2.12. The number of rotatable bonds is 4. The zero-order valence-corrected chi connectivity index (χ0v) is 14.7. The average Bonchev–Trinajstić information content (AvgIpc) is 2.57. The number of aromatic nitrogens is 1. The summed E-state index contributed by atoms with van der Waals surface area (Å²) in [7, 11) is 0. The van der Waals surface area contributed by atoms with Gasteiger partial charge in [0.15, 0.2) is 0 Å². The average molecular weight is 382 g/mol. The zero-order valence-electron chi connectivity index (χ0n) is 13.1. The first-order valence-corrected chi connectivity index (χ1v) is 8.26. The first kappa shape index (κ1) is 16.2. The van der Waals surface area contributed by atoms with E-state index in [1.807, 2.05) is 55.5 Å². The first-order valence-electron chi connectivity index (χ1n) is 7.47. The molecule has 0 spiro atoms. The molecule has 0 aliphatic rings. The van der Waals surface area contributed by atoms with Crippen LogP contribution in [0.2, 0.25) is 0 Å². The molecule has 0 aliphatic heterocycles. The lowest BCUT2D eigenvalue weighted by atomic mass is 10.2. The van der Waals surface area contributed by atoms with Gasteiger partial charge in [0.2, 0.25) is 0 Å². The lowest BCUT2D eigenvalue weighted by molar-refractivity contribution is 0.102. The van der Waals surface area contributed by atoms with Crippen molar-refractivity contribution in [3.8, 4) is 0 Å². The third-order valence-electron chi connectivity index (χ3n) is 3.41. The maximum atomic E-state index is 12.4. The van der Waals surface area contributed by atoms with Crippen LogP contribution in [0.25, 0.3) is 0 Å². The first-order chi connectivity index (χ1) is 11.6. The zero-order chi connectivity index (χ0) is 16.9. The van der Waals surface area contributed by atoms with Gasteiger partial charge in [-0.05, 0) is 61.0 Å². The van der Waals surface area contributed by atoms with Crippen molar-refractivity contribution in [1.82, 2.24) is 4.98 Å². The highest BCUT2D eigenvalue weighted by Crippen LogP contribution is 2.18. The van der Waals surface area contributed by atoms with Crippen molar-refractivity contribution in [2.24, 2.45) is 0 Å². The standard InChI is InChI=1S/C19H16BrN3O/c1-13-3-2-4-17(11-13)22-18-12-14(9-10-21-18)19(24)23-16-7-5-15(20)6-8-16/h2-12H,1H3,(H,21,22)(H,23,24). The predicted octanol–water partition coefficient (Wildman–Crippen LogP) is 5.15. The smallest absolute Gasteiger partial charge is 0.255 e. The molecule has 3 rings (SSSR count). The van der Waals surface area contributed by atoms with E-state index in [1.165, 1.54) is 0 Å². The third-order valence-corrected chi connectivity index (χ3v) is 3.94. The molecule has 3 aromatic rings. The Labute approximate surface area is 149 Å². The second kappa shape index (κ2) is 7.27. The topological polar surface area (TPSA) is 54.0 Å². The fourth-order valence-electron chi connectivity index (χ4n) is 2.25. The Morgan fingerprint density at radius 1 is 1.00 bits per heavy atom. The maximum Gasteiger partial charge on any atom is 0.255 e. The van der Waals surface area contributed by atoms with Gasteiger partial charge in [-0.2, -0.15) is 0 Å². The summed E-state index contributed by atoms with van der Waals surface area (Å²) in [5, 5.41) is 6.08. The Bertz CT molecular complexity index is 862. The van der Waals surface area contributed by atoms with E-state index >= 15 is 0 Å². The highest BCUT2D eigenvalue weighted by atomic mass is 79.9. The Morgan fingerprint density at radius 3 is 2.54 bits per heavy atom. The minimum atomic E-state index is -0.174. The number of nitrogens with one attached hydrogen (secondary N) is 2. The summed E-state index contributed by atoms with van der Waals surface area (Å²) in [5.41, 5.74) is 3.38. The van der Waals surface area contributed by atoms with Crippen LogP contribution in [0.4, 0.5) is 17.2 Å². The van der Waals surface area contributed by atoms with Gasteiger partial charge < -0.3 is 10.6 Å². The van der Waals surface area contributed by atoms with E-state index in [-0.39, 0.29) is 5.91 Å². The summed E-state index contributed by atoms with van der Waals surface area (Å²) in [6.45, 7) is 2.03. The summed E-state index contributed by atoms with van der Waals surface area (Å²) in [4.78, 5) is 16.6. The van der Waals surface area contributed by atoms with Crippen LogP contribution in [0.15, 0.2) is 71.3 Å². The molecule has 2 N–H and O–H groups in total. The molecule has 1 amide bonds. The lowest BCUT2D eigenvalue weighted by Gasteiger charge is -2.09. The molecule has 24 heavy (non-hydrogen) atoms. The molecule has 4 nitrogen and oxygen atoms in total. The van der Waals surface area contributed by atoms with Crippen molar-refractivity contribution in [3.63, 3.8) is 0 Å². The number of benzene rings is 2. The summed E-state index contributed by atoms with van der Waals surface area (Å²) in [6, 6.07) is 18.9. The van der Waals surface area contributed by atoms with Crippen LogP contribution in [0, 0.1) is 6.92 Å². The molecule has 120 valence electrons. The van der Waals surface area contributed by atoms with Gasteiger partial charge in [-0.1, -0.05) is 28.1 Å². The Balaban J connectivity index is 1.74. The fourth-order valence-corrected chi connectivity index (χ4v) is 2.51. The van der Waals surface area contributed by atoms with Crippen molar-refractivity contribution in [1.29, 1.82) is 0 Å². The molecule has 0 atom stereocenters. The molecule has 2 aromatic carbocycles. The van der Waals surface area contributed by atoms with E-state index in [9.17, 15) is 4.79 Å². The number of hydrogen-bond donors (Lipinski definition) is 2. The Hall–Kier alpha value is -2.66. The molecule has 0 radical (unpaired) electrons. The monoisotopic (exact) mass is 381 g/mol. The predicted molar refractivity (Wildman–Crippen MR) is 101 cm³/mol. The van der Waals surface area contributed by atoms with Crippen LogP contribution in [-0.2, 0) is 0 Å². The van der Waals surface area contributed by atoms with Crippen molar-refractivity contribution >= 4 is 39.0 Å². The van der Waals surface area contributed by atoms with Crippen LogP contribution in [0.1, 0.15) is 15.9 Å². The van der Waals surface area contributed by atoms with Crippen LogP contribution in [0.3, 0.4) is 0 Å². The van der Waals surface area contributed by atoms with E-state index in [1.54, 1.807) is 18.3 Å². The van der Waals surface area contributed by atoms with E-state index < -0.39 is 0 Å². The second-order valence-electron chi connectivity index (χ2n) is 5.39. The van der Waals surface area contributed by atoms with Gasteiger partial charge in [0.05, 0.1) is 0 Å². The van der Waals surface area contributed by atoms with E-state index in [2.05, 4.69) is 31.5 Å². The van der Waals surface area contributed by atoms with E-state index in [0.717, 1.165) is 21.4 Å². The third kappa shape index (κ3) is 4.20. The molecular formula is C19H16BrN3O. The molecule has 0 fully saturated rings. The highest BCUT2D eigenvalue weighted by molar-refractivity contribution is 9.10. The normalized spacial score (nSPS) is 10.2. The summed E-state index contributed by atoms with van der Waals surface area (Å²) in [6.07, 6.45) is 1.62. The van der Waals surface area contributed by atoms with Gasteiger partial charge in [0.25, 0.3) is 5.91 Å². The van der Waals surface area contributed by atoms with Gasteiger partial charge in [0.1, 0.15) is 5.82 Å². The number of nitrogens with zero attached hydrogens (tertiary/aromatic N) is 1. The molecule has 0 saturated carbocycles. The van der Waals surface area contributed by atoms with Gasteiger partial charge in [0, 0.05) is 27.6 Å². The van der Waals surface area contributed by atoms with Gasteiger partial charge in [-0.3, -0.25) is 4.79 Å². The number of halogens is 1. The maximum absolute atomic E-state index is 12.4. The molecule has 1 heterocycles. The summed E-state index contributed by atoms with van der Waals surface area (Å²) < 4.78 is 0.967. The quantitative estimate of drug-likeness (QED) is 0.656. The molecule has 0 bridgehead atoms. The van der Waals surface area contributed by atoms with Crippen LogP contribution < -0.4 is 10.6 Å². The SMILES string of the molecule is Cc1cccc(Nc2cc(C(=O)Nc3ccc(Br)cc3)ccn2)c1. The van der Waals surface area contributed by atoms with Crippen molar-refractivity contribution in [2.75, 3.05) is 10.6 Å². The number of carbonyl (C=O) groups is 1. The molecule has 1 aromatic heterocycles. The minimum Gasteiger partial charge on any atom is -0.340 e. The molecule has 0 unspecified atom stereocenters. The van der Waals surface area contributed by atoms with E-state index in [4.69, 9.17) is 0 Å². The largest absolute Gasteiger partial charge is 0.340 e. The van der Waals surface area contributed by atoms with Crippen molar-refractivity contribution in [2.45, 2.75) is 6.92 Å². The van der Waals surface area contributed by atoms with Crippen molar-refractivity contribution < 1.29 is 4.79 Å².